The summed E-state index contributed by atoms with van der Waals surface area (Å²) >= 11 is 0. The second-order valence-corrected chi connectivity index (χ2v) is 8.43. The molecule has 1 unspecified atom stereocenters. The molecule has 4 aromatic carbocycles. The van der Waals surface area contributed by atoms with E-state index >= 15 is 0 Å². The molecule has 6 nitrogen and oxygen atoms in total. The minimum Gasteiger partial charge on any atom is -0.497 e. The molecule has 1 N–H and O–H groups in total. The smallest absolute Gasteiger partial charge is 0.338 e. The first-order chi connectivity index (χ1) is 18.1. The number of aliphatic hydroxyl groups is 1. The number of hydrogen-bond donors (Lipinski definition) is 1. The Morgan fingerprint density at radius 2 is 1.14 bits per heavy atom. The summed E-state index contributed by atoms with van der Waals surface area (Å²) in [5, 5.41) is 10.8. The summed E-state index contributed by atoms with van der Waals surface area (Å²) in [5.74, 6) is 0.931. The Bertz CT molecular complexity index is 1210. The number of carbonyl (C=O) groups excluding carboxylic acids is 1. The van der Waals surface area contributed by atoms with Crippen molar-refractivity contribution < 1.29 is 28.8 Å². The third-order valence-electron chi connectivity index (χ3n) is 6.08. The molecule has 0 radical (unpaired) electrons. The van der Waals surface area contributed by atoms with Crippen molar-refractivity contribution >= 4 is 5.97 Å². The summed E-state index contributed by atoms with van der Waals surface area (Å²) in [5.41, 5.74) is 1.92. The molecule has 6 heteroatoms. The molecule has 0 bridgehead atoms. The summed E-state index contributed by atoms with van der Waals surface area (Å²) in [6.45, 7) is -0.293. The number of carbonyl (C=O) groups is 1. The highest BCUT2D eigenvalue weighted by Crippen LogP contribution is 2.41. The summed E-state index contributed by atoms with van der Waals surface area (Å²) in [7, 11) is 3.24. The van der Waals surface area contributed by atoms with Gasteiger partial charge >= 0.3 is 5.97 Å². The number of benzene rings is 4. The third kappa shape index (κ3) is 6.00. The largest absolute Gasteiger partial charge is 0.497 e. The van der Waals surface area contributed by atoms with E-state index in [-0.39, 0.29) is 13.2 Å². The highest BCUT2D eigenvalue weighted by molar-refractivity contribution is 5.89. The Balaban J connectivity index is 1.66. The fraction of sp³-hybridized carbons (Fsp3) is 0.194. The second-order valence-electron chi connectivity index (χ2n) is 8.43. The van der Waals surface area contributed by atoms with Gasteiger partial charge in [-0.05, 0) is 53.1 Å². The van der Waals surface area contributed by atoms with Crippen molar-refractivity contribution in [3.05, 3.63) is 131 Å². The number of methoxy groups -OCH3 is 2. The van der Waals surface area contributed by atoms with Crippen LogP contribution < -0.4 is 9.47 Å². The average Bonchev–Trinajstić information content (AvgIpc) is 2.97. The van der Waals surface area contributed by atoms with E-state index in [4.69, 9.17) is 18.9 Å². The van der Waals surface area contributed by atoms with E-state index in [2.05, 4.69) is 0 Å². The summed E-state index contributed by atoms with van der Waals surface area (Å²) < 4.78 is 22.7. The molecule has 0 saturated heterocycles. The predicted octanol–water partition coefficient (Wildman–Crippen LogP) is 5.23. The van der Waals surface area contributed by atoms with Crippen LogP contribution in [0.2, 0.25) is 0 Å². The molecular formula is C31H30O6. The van der Waals surface area contributed by atoms with Crippen LogP contribution >= 0.6 is 0 Å². The Morgan fingerprint density at radius 3 is 1.62 bits per heavy atom. The lowest BCUT2D eigenvalue weighted by atomic mass is 9.80. The number of esters is 1. The zero-order valence-corrected chi connectivity index (χ0v) is 20.9. The van der Waals surface area contributed by atoms with Crippen LogP contribution in [0.1, 0.15) is 27.0 Å². The van der Waals surface area contributed by atoms with Crippen molar-refractivity contribution in [3.63, 3.8) is 0 Å². The lowest BCUT2D eigenvalue weighted by Gasteiger charge is -2.36. The molecule has 4 aromatic rings. The van der Waals surface area contributed by atoms with E-state index in [1.165, 1.54) is 0 Å². The molecule has 0 aliphatic rings. The standard InChI is InChI=1S/C31H30O6/c1-34-28-17-13-25(14-18-28)31(24-11-7-4-8-12-24,26-15-19-29(35-2)20-16-26)37-22-27(32)21-36-30(33)23-9-5-3-6-10-23/h3-20,27,32H,21-22H2,1-2H3. The van der Waals surface area contributed by atoms with Crippen LogP contribution in [-0.2, 0) is 15.1 Å². The first-order valence-electron chi connectivity index (χ1n) is 12.0. The molecule has 0 aliphatic carbocycles. The predicted molar refractivity (Wildman–Crippen MR) is 141 cm³/mol. The molecule has 37 heavy (non-hydrogen) atoms. The highest BCUT2D eigenvalue weighted by atomic mass is 16.6. The lowest BCUT2D eigenvalue weighted by Crippen LogP contribution is -2.37. The van der Waals surface area contributed by atoms with Crippen molar-refractivity contribution in [1.82, 2.24) is 0 Å². The van der Waals surface area contributed by atoms with Gasteiger partial charge in [0.15, 0.2) is 0 Å². The summed E-state index contributed by atoms with van der Waals surface area (Å²) in [4.78, 5) is 12.3. The van der Waals surface area contributed by atoms with Gasteiger partial charge in [0.05, 0.1) is 26.4 Å². The number of hydrogen-bond acceptors (Lipinski definition) is 6. The Hall–Kier alpha value is -4.13. The van der Waals surface area contributed by atoms with Crippen LogP contribution in [0, 0.1) is 0 Å². The zero-order valence-electron chi connectivity index (χ0n) is 20.9. The van der Waals surface area contributed by atoms with Crippen LogP contribution in [0.4, 0.5) is 0 Å². The highest BCUT2D eigenvalue weighted by Gasteiger charge is 2.38. The first-order valence-corrected chi connectivity index (χ1v) is 12.0. The van der Waals surface area contributed by atoms with Gasteiger partial charge in [0.25, 0.3) is 0 Å². The van der Waals surface area contributed by atoms with Crippen molar-refractivity contribution in [2.45, 2.75) is 11.7 Å². The molecule has 0 heterocycles. The Morgan fingerprint density at radius 1 is 0.676 bits per heavy atom. The molecular weight excluding hydrogens is 468 g/mol. The fourth-order valence-electron chi connectivity index (χ4n) is 4.17. The van der Waals surface area contributed by atoms with E-state index in [1.54, 1.807) is 38.5 Å². The first kappa shape index (κ1) is 25.9. The molecule has 4 rings (SSSR count). The molecule has 0 amide bonds. The molecule has 0 saturated carbocycles. The van der Waals surface area contributed by atoms with E-state index in [0.29, 0.717) is 17.1 Å². The average molecular weight is 499 g/mol. The van der Waals surface area contributed by atoms with Gasteiger partial charge < -0.3 is 24.1 Å². The molecule has 1 atom stereocenters. The van der Waals surface area contributed by atoms with Crippen LogP contribution in [0.15, 0.2) is 109 Å². The van der Waals surface area contributed by atoms with Gasteiger partial charge in [-0.25, -0.2) is 4.79 Å². The number of ether oxygens (including phenoxy) is 4. The van der Waals surface area contributed by atoms with Crippen LogP contribution in [0.3, 0.4) is 0 Å². The van der Waals surface area contributed by atoms with Crippen molar-refractivity contribution in [1.29, 1.82) is 0 Å². The molecule has 0 aromatic heterocycles. The van der Waals surface area contributed by atoms with Gasteiger partial charge in [-0.3, -0.25) is 0 Å². The summed E-state index contributed by atoms with van der Waals surface area (Å²) in [6, 6.07) is 33.7. The van der Waals surface area contributed by atoms with E-state index in [1.807, 2.05) is 84.9 Å². The lowest BCUT2D eigenvalue weighted by molar-refractivity contribution is -0.0567. The topological polar surface area (TPSA) is 74.2 Å². The van der Waals surface area contributed by atoms with Crippen molar-refractivity contribution in [2.75, 3.05) is 27.4 Å². The number of aliphatic hydroxyl groups excluding tert-OH is 1. The zero-order chi connectivity index (χ0) is 26.1. The Labute approximate surface area is 217 Å². The van der Waals surface area contributed by atoms with E-state index in [9.17, 15) is 9.90 Å². The normalized spacial score (nSPS) is 12.0. The maximum absolute atomic E-state index is 12.3. The van der Waals surface area contributed by atoms with Gasteiger partial charge in [-0.1, -0.05) is 72.8 Å². The molecule has 0 aliphatic heterocycles. The Kier molecular flexibility index (Phi) is 8.56. The number of rotatable bonds is 11. The van der Waals surface area contributed by atoms with Gasteiger partial charge in [-0.2, -0.15) is 0 Å². The minimum absolute atomic E-state index is 0.0883. The maximum atomic E-state index is 12.3. The molecule has 0 fully saturated rings. The van der Waals surface area contributed by atoms with Gasteiger partial charge in [0.2, 0.25) is 0 Å². The van der Waals surface area contributed by atoms with Gasteiger partial charge in [0.1, 0.15) is 29.8 Å². The quantitative estimate of drug-likeness (QED) is 0.226. The maximum Gasteiger partial charge on any atom is 0.338 e. The van der Waals surface area contributed by atoms with Crippen molar-refractivity contribution in [3.8, 4) is 11.5 Å². The van der Waals surface area contributed by atoms with Crippen LogP contribution in [-0.4, -0.2) is 44.6 Å². The second kappa shape index (κ2) is 12.2. The fourth-order valence-corrected chi connectivity index (χ4v) is 4.17. The molecule has 0 spiro atoms. The minimum atomic E-state index is -1.07. The van der Waals surface area contributed by atoms with Gasteiger partial charge in [0, 0.05) is 0 Å². The van der Waals surface area contributed by atoms with Crippen molar-refractivity contribution in [2.24, 2.45) is 0 Å². The van der Waals surface area contributed by atoms with Crippen LogP contribution in [0.5, 0.6) is 11.5 Å². The van der Waals surface area contributed by atoms with Gasteiger partial charge in [-0.15, -0.1) is 0 Å². The van der Waals surface area contributed by atoms with E-state index < -0.39 is 17.7 Å². The van der Waals surface area contributed by atoms with Crippen LogP contribution in [0.25, 0.3) is 0 Å². The SMILES string of the molecule is COc1ccc(C(OCC(O)COC(=O)c2ccccc2)(c2ccccc2)c2ccc(OC)cc2)cc1. The summed E-state index contributed by atoms with van der Waals surface area (Å²) in [6.07, 6.45) is -1.05. The van der Waals surface area contributed by atoms with E-state index in [0.717, 1.165) is 16.7 Å². The third-order valence-corrected chi connectivity index (χ3v) is 6.08. The molecule has 190 valence electrons. The monoisotopic (exact) mass is 498 g/mol.